The van der Waals surface area contributed by atoms with Gasteiger partial charge >= 0.3 is 11.9 Å². The number of fused-ring (bicyclic) bond motifs is 1. The maximum absolute atomic E-state index is 12.3. The van der Waals surface area contributed by atoms with Gasteiger partial charge in [0.2, 0.25) is 0 Å². The minimum absolute atomic E-state index is 0.0649. The topological polar surface area (TPSA) is 169 Å². The molecule has 3 rings (SSSR count). The number of pyridine rings is 1. The van der Waals surface area contributed by atoms with E-state index >= 15 is 0 Å². The summed E-state index contributed by atoms with van der Waals surface area (Å²) in [4.78, 5) is 44.9. The maximum atomic E-state index is 12.3. The van der Waals surface area contributed by atoms with Gasteiger partial charge in [0.25, 0.3) is 11.2 Å². The molecule has 0 aliphatic heterocycles. The Balaban J connectivity index is 1.87. The van der Waals surface area contributed by atoms with Gasteiger partial charge in [-0.25, -0.2) is 9.59 Å². The number of carbonyl (C=O) groups is 2. The smallest absolute Gasteiger partial charge is 0.336 e. The fourth-order valence-electron chi connectivity index (χ4n) is 2.93. The normalized spacial score (nSPS) is 10.7. The van der Waals surface area contributed by atoms with E-state index in [9.17, 15) is 29.6 Å². The summed E-state index contributed by atoms with van der Waals surface area (Å²) in [5, 5.41) is 39.2. The fraction of sp³-hybridized carbons (Fsp3) is 0.105. The highest BCUT2D eigenvalue weighted by Crippen LogP contribution is 2.23. The Kier molecular flexibility index (Phi) is 5.36. The molecule has 0 atom stereocenters. The number of carboxylic acids is 2. The Bertz CT molecular complexity index is 1250. The number of aromatic hydroxyl groups is 1. The second-order valence-electron chi connectivity index (χ2n) is 6.15. The van der Waals surface area contributed by atoms with Crippen molar-refractivity contribution in [1.29, 1.82) is 0 Å². The van der Waals surface area contributed by atoms with E-state index in [0.29, 0.717) is 5.52 Å². The van der Waals surface area contributed by atoms with E-state index in [2.05, 4.69) is 0 Å². The van der Waals surface area contributed by atoms with Crippen LogP contribution in [-0.4, -0.2) is 43.4 Å². The molecule has 0 aliphatic rings. The predicted molar refractivity (Wildman–Crippen MR) is 102 cm³/mol. The summed E-state index contributed by atoms with van der Waals surface area (Å²) in [5.74, 6) is -3.35. The molecule has 1 aromatic heterocycles. The van der Waals surface area contributed by atoms with E-state index in [1.807, 2.05) is 0 Å². The lowest BCUT2D eigenvalue weighted by atomic mass is 10.1. The number of hydrogen-bond donors (Lipinski definition) is 3. The highest BCUT2D eigenvalue weighted by atomic mass is 16.6. The van der Waals surface area contributed by atoms with E-state index in [1.54, 1.807) is 0 Å². The predicted octanol–water partition coefficient (Wildman–Crippen LogP) is 2.09. The highest BCUT2D eigenvalue weighted by molar-refractivity contribution is 6.02. The van der Waals surface area contributed by atoms with Crippen molar-refractivity contribution >= 4 is 28.5 Å². The van der Waals surface area contributed by atoms with Crippen LogP contribution in [0.15, 0.2) is 47.3 Å². The second kappa shape index (κ2) is 7.91. The molecule has 0 saturated carbocycles. The van der Waals surface area contributed by atoms with Gasteiger partial charge in [0, 0.05) is 17.5 Å². The number of non-ortho nitro benzene ring substituents is 1. The van der Waals surface area contributed by atoms with Crippen molar-refractivity contribution in [2.45, 2.75) is 6.54 Å². The molecular weight excluding hydrogens is 400 g/mol. The van der Waals surface area contributed by atoms with Crippen LogP contribution in [0.25, 0.3) is 10.9 Å². The molecule has 0 radical (unpaired) electrons. The molecule has 11 heteroatoms. The van der Waals surface area contributed by atoms with Crippen molar-refractivity contribution < 1.29 is 34.6 Å². The van der Waals surface area contributed by atoms with Gasteiger partial charge in [-0.15, -0.1) is 0 Å². The van der Waals surface area contributed by atoms with E-state index in [0.717, 1.165) is 22.8 Å². The van der Waals surface area contributed by atoms with Gasteiger partial charge in [-0.2, -0.15) is 0 Å². The Morgan fingerprint density at radius 3 is 2.37 bits per heavy atom. The number of nitrogens with zero attached hydrogens (tertiary/aromatic N) is 2. The average molecular weight is 414 g/mol. The van der Waals surface area contributed by atoms with E-state index in [-0.39, 0.29) is 30.0 Å². The minimum Gasteiger partial charge on any atom is -0.503 e. The molecule has 0 spiro atoms. The van der Waals surface area contributed by atoms with E-state index < -0.39 is 39.3 Å². The molecule has 0 saturated heterocycles. The SMILES string of the molecule is O=C(O)c1ccc(OCCn2c(=O)c(O)cc3cc([N+](=O)[O-])ccc32)cc1C(=O)O. The molecule has 0 bridgehead atoms. The molecule has 0 aliphatic carbocycles. The number of nitro groups is 1. The molecule has 2 aromatic carbocycles. The first-order valence-electron chi connectivity index (χ1n) is 8.43. The third-order valence-corrected chi connectivity index (χ3v) is 4.30. The van der Waals surface area contributed by atoms with Gasteiger partial charge in [-0.1, -0.05) is 0 Å². The molecule has 11 nitrogen and oxygen atoms in total. The summed E-state index contributed by atoms with van der Waals surface area (Å²) in [7, 11) is 0. The van der Waals surface area contributed by atoms with Gasteiger partial charge in [0.15, 0.2) is 5.75 Å². The molecule has 30 heavy (non-hydrogen) atoms. The number of benzene rings is 2. The lowest BCUT2D eigenvalue weighted by Crippen LogP contribution is -2.23. The zero-order valence-electron chi connectivity index (χ0n) is 15.1. The Morgan fingerprint density at radius 2 is 1.73 bits per heavy atom. The van der Waals surface area contributed by atoms with Gasteiger partial charge < -0.3 is 24.6 Å². The van der Waals surface area contributed by atoms with Gasteiger partial charge in [0.05, 0.1) is 28.1 Å². The fourth-order valence-corrected chi connectivity index (χ4v) is 2.93. The van der Waals surface area contributed by atoms with Crippen LogP contribution in [0.3, 0.4) is 0 Å². The van der Waals surface area contributed by atoms with Crippen molar-refractivity contribution in [3.05, 3.63) is 74.1 Å². The summed E-state index contributed by atoms with van der Waals surface area (Å²) in [5.41, 5.74) is -1.45. The molecule has 0 amide bonds. The van der Waals surface area contributed by atoms with Gasteiger partial charge in [0.1, 0.15) is 12.4 Å². The van der Waals surface area contributed by atoms with Crippen molar-refractivity contribution in [2.75, 3.05) is 6.61 Å². The third kappa shape index (κ3) is 3.90. The molecular formula is C19H14N2O9. The Labute approximate surface area is 167 Å². The number of hydrogen-bond acceptors (Lipinski definition) is 7. The Hall–Kier alpha value is -4.41. The molecule has 3 N–H and O–H groups in total. The summed E-state index contributed by atoms with van der Waals surface area (Å²) < 4.78 is 6.60. The van der Waals surface area contributed by atoms with Gasteiger partial charge in [-0.05, 0) is 30.3 Å². The van der Waals surface area contributed by atoms with Crippen LogP contribution < -0.4 is 10.3 Å². The van der Waals surface area contributed by atoms with Crippen LogP contribution in [0.1, 0.15) is 20.7 Å². The van der Waals surface area contributed by atoms with Crippen LogP contribution >= 0.6 is 0 Å². The first-order valence-corrected chi connectivity index (χ1v) is 8.43. The summed E-state index contributed by atoms with van der Waals surface area (Å²) >= 11 is 0. The monoisotopic (exact) mass is 414 g/mol. The Morgan fingerprint density at radius 1 is 1.03 bits per heavy atom. The number of carboxylic acid groups (broad SMARTS) is 2. The number of aromatic nitrogens is 1. The van der Waals surface area contributed by atoms with E-state index in [4.69, 9.17) is 14.9 Å². The van der Waals surface area contributed by atoms with Gasteiger partial charge in [-0.3, -0.25) is 14.9 Å². The molecule has 0 fully saturated rings. The summed E-state index contributed by atoms with van der Waals surface area (Å²) in [6.45, 7) is -0.189. The second-order valence-corrected chi connectivity index (χ2v) is 6.15. The van der Waals surface area contributed by atoms with Crippen molar-refractivity contribution in [1.82, 2.24) is 4.57 Å². The zero-order valence-corrected chi connectivity index (χ0v) is 15.1. The average Bonchev–Trinajstić information content (AvgIpc) is 2.70. The minimum atomic E-state index is -1.44. The highest BCUT2D eigenvalue weighted by Gasteiger charge is 2.17. The van der Waals surface area contributed by atoms with Crippen molar-refractivity contribution in [2.24, 2.45) is 0 Å². The van der Waals surface area contributed by atoms with Crippen LogP contribution in [0.4, 0.5) is 5.69 Å². The lowest BCUT2D eigenvalue weighted by Gasteiger charge is -2.13. The number of rotatable bonds is 7. The van der Waals surface area contributed by atoms with Crippen LogP contribution in [-0.2, 0) is 6.54 Å². The first kappa shape index (κ1) is 20.3. The van der Waals surface area contributed by atoms with Crippen LogP contribution in [0, 0.1) is 10.1 Å². The summed E-state index contributed by atoms with van der Waals surface area (Å²) in [6, 6.07) is 8.37. The van der Waals surface area contributed by atoms with Crippen molar-refractivity contribution in [3.8, 4) is 11.5 Å². The zero-order chi connectivity index (χ0) is 22.0. The quantitative estimate of drug-likeness (QED) is 0.387. The molecule has 0 unspecified atom stereocenters. The summed E-state index contributed by atoms with van der Waals surface area (Å²) in [6.07, 6.45) is 0. The van der Waals surface area contributed by atoms with Crippen LogP contribution in [0.2, 0.25) is 0 Å². The van der Waals surface area contributed by atoms with E-state index in [1.165, 1.54) is 24.3 Å². The molecule has 1 heterocycles. The van der Waals surface area contributed by atoms with Crippen molar-refractivity contribution in [3.63, 3.8) is 0 Å². The molecule has 3 aromatic rings. The number of aromatic carboxylic acids is 2. The maximum Gasteiger partial charge on any atom is 0.336 e. The lowest BCUT2D eigenvalue weighted by molar-refractivity contribution is -0.384. The number of nitro benzene ring substituents is 1. The van der Waals surface area contributed by atoms with Crippen LogP contribution in [0.5, 0.6) is 11.5 Å². The first-order chi connectivity index (χ1) is 14.2. The number of ether oxygens (including phenoxy) is 1. The standard InChI is InChI=1S/C19H14N2O9/c22-16-8-10-7-11(21(28)29)1-4-15(10)20(17(16)23)5-6-30-12-2-3-13(18(24)25)14(9-12)19(26)27/h1-4,7-9,22H,5-6H2,(H,24,25)(H,26,27). The molecule has 154 valence electrons. The third-order valence-electron chi connectivity index (χ3n) is 4.30. The largest absolute Gasteiger partial charge is 0.503 e.